The van der Waals surface area contributed by atoms with E-state index in [1.807, 2.05) is 12.1 Å². The van der Waals surface area contributed by atoms with Crippen LogP contribution in [0.15, 0.2) is 42.5 Å². The van der Waals surface area contributed by atoms with Crippen LogP contribution in [0.3, 0.4) is 0 Å². The Morgan fingerprint density at radius 3 is 2.36 bits per heavy atom. The average molecular weight is 389 g/mol. The lowest BCUT2D eigenvalue weighted by Crippen LogP contribution is -2.35. The molecule has 7 heteroatoms. The summed E-state index contributed by atoms with van der Waals surface area (Å²) in [6.45, 7) is 0.525. The maximum atomic E-state index is 13.5. The maximum Gasteiger partial charge on any atom is 0.307 e. The van der Waals surface area contributed by atoms with E-state index in [2.05, 4.69) is 4.74 Å². The molecule has 2 rings (SSSR count). The van der Waals surface area contributed by atoms with Crippen LogP contribution in [0.2, 0.25) is 0 Å². The molecule has 0 radical (unpaired) electrons. The molecule has 28 heavy (non-hydrogen) atoms. The topological polar surface area (TPSA) is 65.1 Å². The first kappa shape index (κ1) is 21.2. The Balaban J connectivity index is 2.15. The van der Waals surface area contributed by atoms with Gasteiger partial charge >= 0.3 is 5.97 Å². The van der Waals surface area contributed by atoms with Gasteiger partial charge in [0.1, 0.15) is 5.82 Å². The van der Waals surface area contributed by atoms with Crippen molar-refractivity contribution < 1.29 is 28.2 Å². The van der Waals surface area contributed by atoms with Crippen molar-refractivity contribution in [3.63, 3.8) is 0 Å². The number of carbonyl (C=O) groups is 2. The lowest BCUT2D eigenvalue weighted by atomic mass is 10.1. The molecular weight excluding hydrogens is 365 g/mol. The van der Waals surface area contributed by atoms with E-state index in [0.717, 1.165) is 5.56 Å². The summed E-state index contributed by atoms with van der Waals surface area (Å²) in [6.07, 6.45) is 0.589. The van der Waals surface area contributed by atoms with Crippen molar-refractivity contribution in [1.82, 2.24) is 4.90 Å². The van der Waals surface area contributed by atoms with E-state index in [-0.39, 0.29) is 24.4 Å². The van der Waals surface area contributed by atoms with Gasteiger partial charge in [0.25, 0.3) is 5.91 Å². The molecule has 0 aliphatic heterocycles. The van der Waals surface area contributed by atoms with E-state index in [0.29, 0.717) is 24.5 Å². The van der Waals surface area contributed by atoms with Gasteiger partial charge in [0.2, 0.25) is 0 Å². The fourth-order valence-electron chi connectivity index (χ4n) is 2.75. The lowest BCUT2D eigenvalue weighted by molar-refractivity contribution is -0.140. The molecule has 1 amide bonds. The minimum Gasteiger partial charge on any atom is -0.493 e. The van der Waals surface area contributed by atoms with Crippen LogP contribution in [0.25, 0.3) is 0 Å². The Morgan fingerprint density at radius 1 is 0.964 bits per heavy atom. The van der Waals surface area contributed by atoms with Crippen molar-refractivity contribution in [2.24, 2.45) is 0 Å². The number of nitrogens with zero attached hydrogens (tertiary/aromatic N) is 1. The number of hydrogen-bond donors (Lipinski definition) is 0. The van der Waals surface area contributed by atoms with Gasteiger partial charge in [-0.15, -0.1) is 0 Å². The van der Waals surface area contributed by atoms with Crippen LogP contribution in [-0.4, -0.2) is 51.2 Å². The highest BCUT2D eigenvalue weighted by atomic mass is 19.1. The summed E-state index contributed by atoms with van der Waals surface area (Å²) in [5.74, 6) is -0.0344. The summed E-state index contributed by atoms with van der Waals surface area (Å²) in [4.78, 5) is 25.8. The molecule has 0 aromatic heterocycles. The van der Waals surface area contributed by atoms with E-state index in [1.165, 1.54) is 30.2 Å². The van der Waals surface area contributed by atoms with Gasteiger partial charge in [-0.2, -0.15) is 0 Å². The molecule has 2 aromatic carbocycles. The van der Waals surface area contributed by atoms with E-state index in [4.69, 9.17) is 9.47 Å². The lowest BCUT2D eigenvalue weighted by Gasteiger charge is -2.23. The Bertz CT molecular complexity index is 824. The normalized spacial score (nSPS) is 10.3. The van der Waals surface area contributed by atoms with Crippen LogP contribution in [0.5, 0.6) is 11.5 Å². The summed E-state index contributed by atoms with van der Waals surface area (Å²) in [5, 5.41) is 0. The van der Waals surface area contributed by atoms with Gasteiger partial charge in [0.15, 0.2) is 11.5 Å². The minimum absolute atomic E-state index is 0.0590. The first-order valence-electron chi connectivity index (χ1n) is 8.81. The highest BCUT2D eigenvalue weighted by Crippen LogP contribution is 2.27. The van der Waals surface area contributed by atoms with Crippen molar-refractivity contribution in [1.29, 1.82) is 0 Å². The molecule has 0 heterocycles. The Morgan fingerprint density at radius 2 is 1.71 bits per heavy atom. The van der Waals surface area contributed by atoms with Crippen LogP contribution in [0.1, 0.15) is 22.3 Å². The van der Waals surface area contributed by atoms with Gasteiger partial charge in [-0.25, -0.2) is 4.39 Å². The smallest absolute Gasteiger partial charge is 0.307 e. The van der Waals surface area contributed by atoms with Gasteiger partial charge in [-0.05, 0) is 42.3 Å². The second kappa shape index (κ2) is 10.3. The largest absolute Gasteiger partial charge is 0.493 e. The summed E-state index contributed by atoms with van der Waals surface area (Å²) in [5.41, 5.74) is 1.17. The summed E-state index contributed by atoms with van der Waals surface area (Å²) in [6, 6.07) is 11.0. The molecule has 2 aromatic rings. The quantitative estimate of drug-likeness (QED) is 0.617. The molecule has 0 unspecified atom stereocenters. The predicted octanol–water partition coefficient (Wildman–Crippen LogP) is 3.09. The number of benzene rings is 2. The SMILES string of the molecule is COC(=O)CCN(CCc1ccc(OC)c(OC)c1)C(=O)c1cccc(F)c1. The molecule has 0 bridgehead atoms. The third-order valence-corrected chi connectivity index (χ3v) is 4.29. The molecule has 6 nitrogen and oxygen atoms in total. The molecule has 0 aliphatic rings. The summed E-state index contributed by atoms with van der Waals surface area (Å²) < 4.78 is 28.7. The summed E-state index contributed by atoms with van der Waals surface area (Å²) in [7, 11) is 4.41. The second-order valence-corrected chi connectivity index (χ2v) is 6.07. The van der Waals surface area contributed by atoms with Crippen molar-refractivity contribution in [2.75, 3.05) is 34.4 Å². The Kier molecular flexibility index (Phi) is 7.80. The first-order valence-corrected chi connectivity index (χ1v) is 8.81. The number of esters is 1. The molecule has 0 spiro atoms. The third kappa shape index (κ3) is 5.70. The second-order valence-electron chi connectivity index (χ2n) is 6.07. The van der Waals surface area contributed by atoms with Gasteiger partial charge in [-0.3, -0.25) is 9.59 Å². The molecule has 150 valence electrons. The van der Waals surface area contributed by atoms with Crippen molar-refractivity contribution >= 4 is 11.9 Å². The number of hydrogen-bond acceptors (Lipinski definition) is 5. The number of halogens is 1. The van der Waals surface area contributed by atoms with Crippen molar-refractivity contribution in [3.05, 3.63) is 59.4 Å². The van der Waals surface area contributed by atoms with Crippen LogP contribution in [0, 0.1) is 5.82 Å². The van der Waals surface area contributed by atoms with Crippen LogP contribution in [0.4, 0.5) is 4.39 Å². The number of carbonyl (C=O) groups excluding carboxylic acids is 2. The van der Waals surface area contributed by atoms with Gasteiger partial charge in [0, 0.05) is 18.7 Å². The zero-order chi connectivity index (χ0) is 20.5. The minimum atomic E-state index is -0.487. The number of methoxy groups -OCH3 is 3. The van der Waals surface area contributed by atoms with E-state index in [9.17, 15) is 14.0 Å². The molecule has 0 atom stereocenters. The molecular formula is C21H24FNO5. The number of rotatable bonds is 9. The highest BCUT2D eigenvalue weighted by molar-refractivity contribution is 5.94. The van der Waals surface area contributed by atoms with Crippen molar-refractivity contribution in [3.8, 4) is 11.5 Å². The maximum absolute atomic E-state index is 13.5. The van der Waals surface area contributed by atoms with Gasteiger partial charge in [-0.1, -0.05) is 12.1 Å². The average Bonchev–Trinajstić information content (AvgIpc) is 2.72. The number of amides is 1. The van der Waals surface area contributed by atoms with E-state index in [1.54, 1.807) is 26.4 Å². The molecule has 0 saturated carbocycles. The predicted molar refractivity (Wildman–Crippen MR) is 102 cm³/mol. The Labute approximate surface area is 163 Å². The fourth-order valence-corrected chi connectivity index (χ4v) is 2.75. The first-order chi connectivity index (χ1) is 13.5. The number of ether oxygens (including phenoxy) is 3. The standard InChI is InChI=1S/C21H24FNO5/c1-26-18-8-7-15(13-19(18)27-2)9-11-23(12-10-20(24)28-3)21(25)16-5-4-6-17(22)14-16/h4-8,13-14H,9-12H2,1-3H3. The summed E-state index contributed by atoms with van der Waals surface area (Å²) >= 11 is 0. The highest BCUT2D eigenvalue weighted by Gasteiger charge is 2.18. The van der Waals surface area contributed by atoms with Gasteiger partial charge < -0.3 is 19.1 Å². The van der Waals surface area contributed by atoms with Crippen molar-refractivity contribution in [2.45, 2.75) is 12.8 Å². The van der Waals surface area contributed by atoms with Crippen LogP contribution < -0.4 is 9.47 Å². The van der Waals surface area contributed by atoms with Gasteiger partial charge in [0.05, 0.1) is 27.8 Å². The monoisotopic (exact) mass is 389 g/mol. The fraction of sp³-hybridized carbons (Fsp3) is 0.333. The molecule has 0 N–H and O–H groups in total. The van der Waals surface area contributed by atoms with Crippen LogP contribution >= 0.6 is 0 Å². The van der Waals surface area contributed by atoms with Crippen LogP contribution in [-0.2, 0) is 16.0 Å². The molecule has 0 fully saturated rings. The molecule has 0 aliphatic carbocycles. The van der Waals surface area contributed by atoms with E-state index >= 15 is 0 Å². The van der Waals surface area contributed by atoms with E-state index < -0.39 is 11.8 Å². The third-order valence-electron chi connectivity index (χ3n) is 4.29. The molecule has 0 saturated heterocycles. The zero-order valence-corrected chi connectivity index (χ0v) is 16.2. The Hall–Kier alpha value is -3.09. The zero-order valence-electron chi connectivity index (χ0n) is 16.2.